The van der Waals surface area contributed by atoms with Crippen molar-refractivity contribution >= 4 is 5.97 Å². The maximum absolute atomic E-state index is 11.0. The summed E-state index contributed by atoms with van der Waals surface area (Å²) in [6.07, 6.45) is 6.17. The first-order chi connectivity index (χ1) is 10.1. The maximum Gasteiger partial charge on any atom is 0.310 e. The van der Waals surface area contributed by atoms with E-state index in [1.807, 2.05) is 24.3 Å². The normalized spacial score (nSPS) is 13.9. The van der Waals surface area contributed by atoms with Crippen molar-refractivity contribution in [2.24, 2.45) is 0 Å². The summed E-state index contributed by atoms with van der Waals surface area (Å²) in [5.74, 6) is -1.21. The number of unbranched alkanes of at least 4 members (excludes halogenated alkanes) is 1. The smallest absolute Gasteiger partial charge is 0.310 e. The molecule has 0 fully saturated rings. The Balaban J connectivity index is 2.52. The largest absolute Gasteiger partial charge is 0.481 e. The van der Waals surface area contributed by atoms with Crippen molar-refractivity contribution < 1.29 is 9.90 Å². The van der Waals surface area contributed by atoms with Crippen LogP contribution >= 0.6 is 0 Å². The predicted molar refractivity (Wildman–Crippen MR) is 87.6 cm³/mol. The number of carboxylic acids is 1. The van der Waals surface area contributed by atoms with Gasteiger partial charge >= 0.3 is 5.97 Å². The molecule has 0 amide bonds. The van der Waals surface area contributed by atoms with Crippen molar-refractivity contribution in [2.75, 3.05) is 0 Å². The molecule has 0 aliphatic heterocycles. The topological polar surface area (TPSA) is 49.3 Å². The first-order valence-electron chi connectivity index (χ1n) is 8.13. The number of rotatable bonds is 10. The van der Waals surface area contributed by atoms with Gasteiger partial charge in [0.2, 0.25) is 0 Å². The molecule has 0 aromatic heterocycles. The molecular weight excluding hydrogens is 262 g/mol. The molecule has 0 saturated carbocycles. The van der Waals surface area contributed by atoms with E-state index in [4.69, 9.17) is 5.11 Å². The SMILES string of the molecule is CCCCC(CCC)NCc1ccc(C(C)C(=O)O)cc1. The highest BCUT2D eigenvalue weighted by Crippen LogP contribution is 2.16. The van der Waals surface area contributed by atoms with Gasteiger partial charge in [-0.1, -0.05) is 57.4 Å². The minimum Gasteiger partial charge on any atom is -0.481 e. The number of hydrogen-bond donors (Lipinski definition) is 2. The van der Waals surface area contributed by atoms with E-state index in [0.29, 0.717) is 6.04 Å². The van der Waals surface area contributed by atoms with Gasteiger partial charge in [0, 0.05) is 12.6 Å². The number of aliphatic carboxylic acids is 1. The van der Waals surface area contributed by atoms with Gasteiger partial charge in [-0.3, -0.25) is 4.79 Å². The molecule has 0 radical (unpaired) electrons. The van der Waals surface area contributed by atoms with Gasteiger partial charge in [0.25, 0.3) is 0 Å². The summed E-state index contributed by atoms with van der Waals surface area (Å²) in [6, 6.07) is 8.51. The van der Waals surface area contributed by atoms with Crippen LogP contribution in [0.3, 0.4) is 0 Å². The first-order valence-corrected chi connectivity index (χ1v) is 8.13. The molecular formula is C18H29NO2. The van der Waals surface area contributed by atoms with Crippen LogP contribution in [0.25, 0.3) is 0 Å². The third-order valence-corrected chi connectivity index (χ3v) is 3.99. The van der Waals surface area contributed by atoms with E-state index in [1.54, 1.807) is 6.92 Å². The van der Waals surface area contributed by atoms with Crippen LogP contribution in [0.4, 0.5) is 0 Å². The van der Waals surface area contributed by atoms with Crippen molar-refractivity contribution in [2.45, 2.75) is 71.4 Å². The van der Waals surface area contributed by atoms with E-state index in [9.17, 15) is 4.79 Å². The Labute approximate surface area is 128 Å². The van der Waals surface area contributed by atoms with Gasteiger partial charge in [-0.15, -0.1) is 0 Å². The van der Waals surface area contributed by atoms with Crippen LogP contribution in [0, 0.1) is 0 Å². The van der Waals surface area contributed by atoms with Gasteiger partial charge in [-0.2, -0.15) is 0 Å². The van der Waals surface area contributed by atoms with E-state index in [0.717, 1.165) is 12.1 Å². The summed E-state index contributed by atoms with van der Waals surface area (Å²) in [5.41, 5.74) is 2.08. The Hall–Kier alpha value is -1.35. The Bertz CT molecular complexity index is 414. The number of hydrogen-bond acceptors (Lipinski definition) is 2. The van der Waals surface area contributed by atoms with Crippen LogP contribution < -0.4 is 5.32 Å². The van der Waals surface area contributed by atoms with E-state index in [1.165, 1.54) is 37.7 Å². The highest BCUT2D eigenvalue weighted by atomic mass is 16.4. The highest BCUT2D eigenvalue weighted by Gasteiger charge is 2.13. The number of carbonyl (C=O) groups is 1. The molecule has 2 atom stereocenters. The third kappa shape index (κ3) is 6.30. The molecule has 0 spiro atoms. The molecule has 3 heteroatoms. The Morgan fingerprint density at radius 2 is 1.81 bits per heavy atom. The van der Waals surface area contributed by atoms with Gasteiger partial charge in [-0.25, -0.2) is 0 Å². The second-order valence-corrected chi connectivity index (χ2v) is 5.81. The average Bonchev–Trinajstić information content (AvgIpc) is 2.49. The molecule has 3 nitrogen and oxygen atoms in total. The monoisotopic (exact) mass is 291 g/mol. The van der Waals surface area contributed by atoms with Gasteiger partial charge in [0.1, 0.15) is 0 Å². The lowest BCUT2D eigenvalue weighted by atomic mass is 10.00. The number of carboxylic acid groups (broad SMARTS) is 1. The van der Waals surface area contributed by atoms with Crippen molar-refractivity contribution in [1.29, 1.82) is 0 Å². The summed E-state index contributed by atoms with van der Waals surface area (Å²) in [5, 5.41) is 12.6. The number of benzene rings is 1. The maximum atomic E-state index is 11.0. The fourth-order valence-electron chi connectivity index (χ4n) is 2.48. The lowest BCUT2D eigenvalue weighted by Gasteiger charge is -2.18. The van der Waals surface area contributed by atoms with E-state index >= 15 is 0 Å². The highest BCUT2D eigenvalue weighted by molar-refractivity contribution is 5.75. The minimum absolute atomic E-state index is 0.440. The molecule has 0 aliphatic rings. The molecule has 1 aromatic rings. The molecule has 1 aromatic carbocycles. The van der Waals surface area contributed by atoms with E-state index < -0.39 is 11.9 Å². The second-order valence-electron chi connectivity index (χ2n) is 5.81. The van der Waals surface area contributed by atoms with E-state index in [-0.39, 0.29) is 0 Å². The molecule has 21 heavy (non-hydrogen) atoms. The van der Waals surface area contributed by atoms with Crippen molar-refractivity contribution in [1.82, 2.24) is 5.32 Å². The zero-order valence-electron chi connectivity index (χ0n) is 13.6. The predicted octanol–water partition coefficient (Wildman–Crippen LogP) is 4.32. The van der Waals surface area contributed by atoms with Crippen molar-refractivity contribution in [3.63, 3.8) is 0 Å². The molecule has 1 rings (SSSR count). The molecule has 0 heterocycles. The van der Waals surface area contributed by atoms with Gasteiger partial charge in [-0.05, 0) is 30.9 Å². The lowest BCUT2D eigenvalue weighted by molar-refractivity contribution is -0.138. The van der Waals surface area contributed by atoms with Crippen LogP contribution in [0.2, 0.25) is 0 Å². The molecule has 118 valence electrons. The first kappa shape index (κ1) is 17.7. The fourth-order valence-corrected chi connectivity index (χ4v) is 2.48. The van der Waals surface area contributed by atoms with Crippen molar-refractivity contribution in [3.05, 3.63) is 35.4 Å². The second kappa shape index (κ2) is 9.56. The minimum atomic E-state index is -0.775. The molecule has 0 aliphatic carbocycles. The van der Waals surface area contributed by atoms with Crippen LogP contribution in [0.5, 0.6) is 0 Å². The Morgan fingerprint density at radius 1 is 1.14 bits per heavy atom. The van der Waals surface area contributed by atoms with Crippen LogP contribution in [-0.2, 0) is 11.3 Å². The van der Waals surface area contributed by atoms with Crippen LogP contribution in [-0.4, -0.2) is 17.1 Å². The van der Waals surface area contributed by atoms with E-state index in [2.05, 4.69) is 19.2 Å². The zero-order valence-corrected chi connectivity index (χ0v) is 13.6. The zero-order chi connectivity index (χ0) is 15.7. The summed E-state index contributed by atoms with van der Waals surface area (Å²) in [7, 11) is 0. The van der Waals surface area contributed by atoms with Gasteiger partial charge in [0.15, 0.2) is 0 Å². The summed E-state index contributed by atoms with van der Waals surface area (Å²) < 4.78 is 0. The molecule has 0 saturated heterocycles. The fraction of sp³-hybridized carbons (Fsp3) is 0.611. The molecule has 2 unspecified atom stereocenters. The van der Waals surface area contributed by atoms with Gasteiger partial charge in [0.05, 0.1) is 5.92 Å². The Morgan fingerprint density at radius 3 is 2.33 bits per heavy atom. The number of nitrogens with one attached hydrogen (secondary N) is 1. The van der Waals surface area contributed by atoms with Crippen LogP contribution in [0.15, 0.2) is 24.3 Å². The third-order valence-electron chi connectivity index (χ3n) is 3.99. The quantitative estimate of drug-likeness (QED) is 0.675. The standard InChI is InChI=1S/C18H29NO2/c1-4-6-8-17(7-5-2)19-13-15-9-11-16(12-10-15)14(3)18(20)21/h9-12,14,17,19H,4-8,13H2,1-3H3,(H,20,21). The van der Waals surface area contributed by atoms with Crippen molar-refractivity contribution in [3.8, 4) is 0 Å². The summed E-state index contributed by atoms with van der Waals surface area (Å²) >= 11 is 0. The Kier molecular flexibility index (Phi) is 8.06. The average molecular weight is 291 g/mol. The van der Waals surface area contributed by atoms with Crippen LogP contribution in [0.1, 0.15) is 69.9 Å². The molecule has 2 N–H and O–H groups in total. The molecule has 0 bridgehead atoms. The van der Waals surface area contributed by atoms with Gasteiger partial charge < -0.3 is 10.4 Å². The summed E-state index contributed by atoms with van der Waals surface area (Å²) in [4.78, 5) is 11.0. The summed E-state index contributed by atoms with van der Waals surface area (Å²) in [6.45, 7) is 7.03. The lowest BCUT2D eigenvalue weighted by Crippen LogP contribution is -2.28.